The molecule has 1 fully saturated rings. The summed E-state index contributed by atoms with van der Waals surface area (Å²) in [4.78, 5) is 22.7. The Morgan fingerprint density at radius 1 is 1.06 bits per heavy atom. The van der Waals surface area contributed by atoms with Gasteiger partial charge in [0.25, 0.3) is 5.56 Å². The Balaban J connectivity index is 1.74. The van der Waals surface area contributed by atoms with Crippen molar-refractivity contribution in [3.63, 3.8) is 0 Å². The SMILES string of the molecule is COCCn1c(C)cc(O)c(C(c2cccc(OC)c2)N2CCN(c3ccccn3)CC2)c1=O. The maximum atomic E-state index is 13.7. The van der Waals surface area contributed by atoms with E-state index in [2.05, 4.69) is 14.8 Å². The summed E-state index contributed by atoms with van der Waals surface area (Å²) in [6, 6.07) is 14.9. The Labute approximate surface area is 200 Å². The molecule has 3 heterocycles. The summed E-state index contributed by atoms with van der Waals surface area (Å²) in [6.45, 7) is 5.62. The number of benzene rings is 1. The van der Waals surface area contributed by atoms with E-state index in [9.17, 15) is 9.90 Å². The van der Waals surface area contributed by atoms with Crippen molar-refractivity contribution < 1.29 is 14.6 Å². The molecule has 1 aliphatic rings. The van der Waals surface area contributed by atoms with Crippen LogP contribution >= 0.6 is 0 Å². The van der Waals surface area contributed by atoms with Gasteiger partial charge in [-0.25, -0.2) is 4.98 Å². The summed E-state index contributed by atoms with van der Waals surface area (Å²) in [5.41, 5.74) is 1.78. The van der Waals surface area contributed by atoms with Crippen LogP contribution in [0, 0.1) is 6.92 Å². The summed E-state index contributed by atoms with van der Waals surface area (Å²) in [7, 11) is 3.24. The van der Waals surface area contributed by atoms with Gasteiger partial charge >= 0.3 is 0 Å². The van der Waals surface area contributed by atoms with Gasteiger partial charge in [0, 0.05) is 51.7 Å². The van der Waals surface area contributed by atoms with E-state index in [1.165, 1.54) is 0 Å². The van der Waals surface area contributed by atoms with Crippen LogP contribution in [0.2, 0.25) is 0 Å². The number of anilines is 1. The number of aromatic nitrogens is 2. The molecule has 1 aromatic carbocycles. The van der Waals surface area contributed by atoms with Crippen LogP contribution in [0.5, 0.6) is 11.5 Å². The molecule has 1 unspecified atom stereocenters. The second-order valence-corrected chi connectivity index (χ2v) is 8.42. The molecule has 8 heteroatoms. The minimum atomic E-state index is -0.414. The summed E-state index contributed by atoms with van der Waals surface area (Å²) in [6.07, 6.45) is 1.80. The van der Waals surface area contributed by atoms with Crippen molar-refractivity contribution >= 4 is 5.82 Å². The number of aryl methyl sites for hydroxylation is 1. The van der Waals surface area contributed by atoms with Crippen LogP contribution in [0.1, 0.15) is 22.9 Å². The summed E-state index contributed by atoms with van der Waals surface area (Å²) < 4.78 is 12.3. The largest absolute Gasteiger partial charge is 0.507 e. The van der Waals surface area contributed by atoms with E-state index in [0.29, 0.717) is 43.2 Å². The van der Waals surface area contributed by atoms with Crippen molar-refractivity contribution in [1.82, 2.24) is 14.5 Å². The smallest absolute Gasteiger partial charge is 0.259 e. The second-order valence-electron chi connectivity index (χ2n) is 8.42. The number of aromatic hydroxyl groups is 1. The van der Waals surface area contributed by atoms with Gasteiger partial charge in [0.2, 0.25) is 0 Å². The van der Waals surface area contributed by atoms with Gasteiger partial charge in [0.1, 0.15) is 17.3 Å². The lowest BCUT2D eigenvalue weighted by atomic mass is 9.95. The van der Waals surface area contributed by atoms with Crippen molar-refractivity contribution in [2.24, 2.45) is 0 Å². The highest BCUT2D eigenvalue weighted by Crippen LogP contribution is 2.35. The molecule has 1 aliphatic heterocycles. The first-order chi connectivity index (χ1) is 16.5. The number of nitrogens with zero attached hydrogens (tertiary/aromatic N) is 4. The van der Waals surface area contributed by atoms with Crippen LogP contribution in [0.4, 0.5) is 5.82 Å². The molecule has 0 saturated carbocycles. The molecule has 2 aromatic heterocycles. The predicted octanol–water partition coefficient (Wildman–Crippen LogP) is 2.82. The molecule has 8 nitrogen and oxygen atoms in total. The quantitative estimate of drug-likeness (QED) is 0.549. The van der Waals surface area contributed by atoms with Crippen LogP contribution in [0.3, 0.4) is 0 Å². The average molecular weight is 465 g/mol. The lowest BCUT2D eigenvalue weighted by Gasteiger charge is -2.40. The number of rotatable bonds is 8. The number of piperazine rings is 1. The maximum absolute atomic E-state index is 13.7. The van der Waals surface area contributed by atoms with Crippen LogP contribution in [0.25, 0.3) is 0 Å². The van der Waals surface area contributed by atoms with E-state index >= 15 is 0 Å². The van der Waals surface area contributed by atoms with Gasteiger partial charge < -0.3 is 24.0 Å². The number of pyridine rings is 2. The van der Waals surface area contributed by atoms with Crippen LogP contribution in [-0.4, -0.2) is 66.6 Å². The van der Waals surface area contributed by atoms with Gasteiger partial charge in [-0.3, -0.25) is 9.69 Å². The first-order valence-corrected chi connectivity index (χ1v) is 11.5. The number of ether oxygens (including phenoxy) is 2. The van der Waals surface area contributed by atoms with E-state index in [1.807, 2.05) is 49.4 Å². The fraction of sp³-hybridized carbons (Fsp3) is 0.385. The van der Waals surface area contributed by atoms with Gasteiger partial charge in [-0.1, -0.05) is 18.2 Å². The van der Waals surface area contributed by atoms with Crippen molar-refractivity contribution in [1.29, 1.82) is 0 Å². The van der Waals surface area contributed by atoms with Crippen LogP contribution < -0.4 is 15.2 Å². The van der Waals surface area contributed by atoms with E-state index in [4.69, 9.17) is 9.47 Å². The van der Waals surface area contributed by atoms with Crippen molar-refractivity contribution in [2.45, 2.75) is 19.5 Å². The van der Waals surface area contributed by atoms with Gasteiger partial charge in [0.05, 0.1) is 25.3 Å². The predicted molar refractivity (Wildman–Crippen MR) is 132 cm³/mol. The summed E-state index contributed by atoms with van der Waals surface area (Å²) in [5.74, 6) is 1.66. The third kappa shape index (κ3) is 4.93. The maximum Gasteiger partial charge on any atom is 0.259 e. The number of hydrogen-bond donors (Lipinski definition) is 1. The number of methoxy groups -OCH3 is 2. The van der Waals surface area contributed by atoms with Crippen LogP contribution in [-0.2, 0) is 11.3 Å². The van der Waals surface area contributed by atoms with E-state index in [-0.39, 0.29) is 11.3 Å². The molecule has 4 rings (SSSR count). The molecule has 1 atom stereocenters. The van der Waals surface area contributed by atoms with Crippen molar-refractivity contribution in [3.05, 3.63) is 81.9 Å². The van der Waals surface area contributed by atoms with Gasteiger partial charge in [-0.05, 0) is 42.8 Å². The Morgan fingerprint density at radius 3 is 2.53 bits per heavy atom. The third-order valence-corrected chi connectivity index (χ3v) is 6.38. The van der Waals surface area contributed by atoms with Crippen LogP contribution in [0.15, 0.2) is 59.5 Å². The fourth-order valence-corrected chi connectivity index (χ4v) is 4.61. The highest BCUT2D eigenvalue weighted by molar-refractivity contribution is 5.44. The molecular formula is C26H32N4O4. The third-order valence-electron chi connectivity index (χ3n) is 6.38. The Morgan fingerprint density at radius 2 is 1.85 bits per heavy atom. The Bertz CT molecular complexity index is 1160. The molecule has 0 amide bonds. The normalized spacial score (nSPS) is 15.3. The topological polar surface area (TPSA) is 80.1 Å². The standard InChI is InChI=1S/C26H32N4O4/c1-19-17-22(31)24(26(32)30(19)15-16-33-2)25(20-7-6-8-21(18-20)34-3)29-13-11-28(12-14-29)23-9-4-5-10-27-23/h4-10,17-18,25,31H,11-16H2,1-3H3. The molecule has 1 saturated heterocycles. The van der Waals surface area contributed by atoms with Gasteiger partial charge in [0.15, 0.2) is 0 Å². The molecule has 1 N–H and O–H groups in total. The average Bonchev–Trinajstić information content (AvgIpc) is 2.87. The molecule has 34 heavy (non-hydrogen) atoms. The zero-order valence-electron chi connectivity index (χ0n) is 20.0. The molecular weight excluding hydrogens is 432 g/mol. The summed E-state index contributed by atoms with van der Waals surface area (Å²) in [5, 5.41) is 11.0. The molecule has 180 valence electrons. The monoisotopic (exact) mass is 464 g/mol. The first-order valence-electron chi connectivity index (χ1n) is 11.5. The minimum Gasteiger partial charge on any atom is -0.507 e. The lowest BCUT2D eigenvalue weighted by Crippen LogP contribution is -2.49. The van der Waals surface area contributed by atoms with E-state index in [0.717, 1.165) is 24.5 Å². The van der Waals surface area contributed by atoms with E-state index in [1.54, 1.807) is 31.0 Å². The highest BCUT2D eigenvalue weighted by Gasteiger charge is 2.32. The van der Waals surface area contributed by atoms with Crippen molar-refractivity contribution in [3.8, 4) is 11.5 Å². The highest BCUT2D eigenvalue weighted by atomic mass is 16.5. The fourth-order valence-electron chi connectivity index (χ4n) is 4.61. The number of hydrogen-bond acceptors (Lipinski definition) is 7. The zero-order chi connectivity index (χ0) is 24.1. The summed E-state index contributed by atoms with van der Waals surface area (Å²) >= 11 is 0. The van der Waals surface area contributed by atoms with Gasteiger partial charge in [-0.2, -0.15) is 0 Å². The van der Waals surface area contributed by atoms with Gasteiger partial charge in [-0.15, -0.1) is 0 Å². The Hall–Kier alpha value is -3.36. The molecule has 0 aliphatic carbocycles. The first kappa shape index (κ1) is 23.8. The second kappa shape index (κ2) is 10.7. The molecule has 0 radical (unpaired) electrons. The van der Waals surface area contributed by atoms with E-state index < -0.39 is 6.04 Å². The molecule has 3 aromatic rings. The molecule has 0 spiro atoms. The molecule has 0 bridgehead atoms. The Kier molecular flexibility index (Phi) is 7.49. The minimum absolute atomic E-state index is 0.0103. The zero-order valence-corrected chi connectivity index (χ0v) is 20.0. The van der Waals surface area contributed by atoms with Crippen molar-refractivity contribution in [2.75, 3.05) is 51.9 Å². The lowest BCUT2D eigenvalue weighted by molar-refractivity contribution is 0.183.